The Labute approximate surface area is 96.0 Å². The van der Waals surface area contributed by atoms with Crippen molar-refractivity contribution in [3.8, 4) is 0 Å². The third-order valence-electron chi connectivity index (χ3n) is 2.01. The molecule has 0 aliphatic heterocycles. The van der Waals surface area contributed by atoms with E-state index >= 15 is 0 Å². The fourth-order valence-corrected chi connectivity index (χ4v) is 2.00. The molecular formula is C10H10N2O3S. The monoisotopic (exact) mass is 238 g/mol. The van der Waals surface area contributed by atoms with Crippen molar-refractivity contribution in [2.75, 3.05) is 11.9 Å². The minimum Gasteiger partial charge on any atom is -0.476 e. The fraction of sp³-hybridized carbons (Fsp3) is 0.200. The molecule has 0 radical (unpaired) electrons. The first-order valence-electron chi connectivity index (χ1n) is 4.59. The number of rotatable bonds is 4. The van der Waals surface area contributed by atoms with Crippen molar-refractivity contribution in [3.63, 3.8) is 0 Å². The molecule has 0 saturated carbocycles. The summed E-state index contributed by atoms with van der Waals surface area (Å²) in [5.41, 5.74) is -0.0759. The third-order valence-corrected chi connectivity index (χ3v) is 2.87. The number of oxazole rings is 1. The summed E-state index contributed by atoms with van der Waals surface area (Å²) in [4.78, 5) is 17.4. The van der Waals surface area contributed by atoms with Gasteiger partial charge in [-0.2, -0.15) is 4.98 Å². The standard InChI is InChI=1S/C10H10N2O3S/c1-12(5-7-3-2-4-16-7)10-11-8(6-15-10)9(13)14/h2-4,6H,5H2,1H3,(H,13,14). The molecule has 0 spiro atoms. The second-order valence-corrected chi connectivity index (χ2v) is 4.29. The Morgan fingerprint density at radius 3 is 3.06 bits per heavy atom. The zero-order chi connectivity index (χ0) is 11.5. The number of carbonyl (C=O) groups is 1. The molecule has 0 aliphatic carbocycles. The van der Waals surface area contributed by atoms with Gasteiger partial charge in [0.25, 0.3) is 6.01 Å². The molecule has 2 aromatic heterocycles. The maximum absolute atomic E-state index is 10.6. The summed E-state index contributed by atoms with van der Waals surface area (Å²) in [5.74, 6) is -1.08. The first-order valence-corrected chi connectivity index (χ1v) is 5.47. The first-order chi connectivity index (χ1) is 7.66. The van der Waals surface area contributed by atoms with E-state index in [0.29, 0.717) is 12.6 Å². The molecule has 0 fully saturated rings. The summed E-state index contributed by atoms with van der Waals surface area (Å²) in [6.07, 6.45) is 1.14. The smallest absolute Gasteiger partial charge is 0.357 e. The number of aromatic nitrogens is 1. The highest BCUT2D eigenvalue weighted by Gasteiger charge is 2.13. The molecule has 0 aromatic carbocycles. The quantitative estimate of drug-likeness (QED) is 0.883. The highest BCUT2D eigenvalue weighted by atomic mass is 32.1. The molecule has 2 heterocycles. The van der Waals surface area contributed by atoms with E-state index in [2.05, 4.69) is 4.98 Å². The average Bonchev–Trinajstić information content (AvgIpc) is 2.86. The number of thiophene rings is 1. The van der Waals surface area contributed by atoms with Crippen molar-refractivity contribution in [1.82, 2.24) is 4.98 Å². The molecule has 0 atom stereocenters. The lowest BCUT2D eigenvalue weighted by Gasteiger charge is -2.12. The van der Waals surface area contributed by atoms with Gasteiger partial charge in [-0.3, -0.25) is 0 Å². The van der Waals surface area contributed by atoms with Gasteiger partial charge in [-0.1, -0.05) is 6.07 Å². The van der Waals surface area contributed by atoms with Crippen LogP contribution in [0.25, 0.3) is 0 Å². The van der Waals surface area contributed by atoms with E-state index in [1.807, 2.05) is 17.5 Å². The fourth-order valence-electron chi connectivity index (χ4n) is 1.24. The summed E-state index contributed by atoms with van der Waals surface area (Å²) < 4.78 is 5.08. The zero-order valence-electron chi connectivity index (χ0n) is 8.58. The number of carboxylic acids is 1. The largest absolute Gasteiger partial charge is 0.476 e. The summed E-state index contributed by atoms with van der Waals surface area (Å²) in [5, 5.41) is 10.7. The lowest BCUT2D eigenvalue weighted by atomic mass is 10.4. The van der Waals surface area contributed by atoms with E-state index in [1.165, 1.54) is 0 Å². The van der Waals surface area contributed by atoms with E-state index < -0.39 is 5.97 Å². The van der Waals surface area contributed by atoms with Gasteiger partial charge in [0.05, 0.1) is 6.54 Å². The zero-order valence-corrected chi connectivity index (χ0v) is 9.40. The number of nitrogens with zero attached hydrogens (tertiary/aromatic N) is 2. The van der Waals surface area contributed by atoms with Crippen LogP contribution in [0.4, 0.5) is 6.01 Å². The Morgan fingerprint density at radius 2 is 2.50 bits per heavy atom. The number of carboxylic acid groups (broad SMARTS) is 1. The average molecular weight is 238 g/mol. The summed E-state index contributed by atoms with van der Waals surface area (Å²) in [6.45, 7) is 0.650. The van der Waals surface area contributed by atoms with Gasteiger partial charge in [-0.25, -0.2) is 4.79 Å². The topological polar surface area (TPSA) is 66.6 Å². The summed E-state index contributed by atoms with van der Waals surface area (Å²) >= 11 is 1.63. The lowest BCUT2D eigenvalue weighted by molar-refractivity contribution is 0.0690. The summed E-state index contributed by atoms with van der Waals surface area (Å²) in [7, 11) is 1.80. The van der Waals surface area contributed by atoms with Crippen LogP contribution in [-0.2, 0) is 6.54 Å². The number of hydrogen-bond acceptors (Lipinski definition) is 5. The van der Waals surface area contributed by atoms with Crippen LogP contribution in [0.3, 0.4) is 0 Å². The Hall–Kier alpha value is -1.82. The number of aromatic carboxylic acids is 1. The molecule has 0 aliphatic rings. The van der Waals surface area contributed by atoms with Gasteiger partial charge in [0.2, 0.25) is 0 Å². The van der Waals surface area contributed by atoms with Crippen LogP contribution >= 0.6 is 11.3 Å². The summed E-state index contributed by atoms with van der Waals surface area (Å²) in [6, 6.07) is 4.28. The van der Waals surface area contributed by atoms with Crippen LogP contribution in [-0.4, -0.2) is 23.1 Å². The maximum Gasteiger partial charge on any atom is 0.357 e. The maximum atomic E-state index is 10.6. The normalized spacial score (nSPS) is 10.3. The number of anilines is 1. The minimum atomic E-state index is -1.08. The Morgan fingerprint density at radius 1 is 1.69 bits per heavy atom. The molecular weight excluding hydrogens is 228 g/mol. The van der Waals surface area contributed by atoms with E-state index in [1.54, 1.807) is 23.3 Å². The van der Waals surface area contributed by atoms with Gasteiger partial charge in [0.15, 0.2) is 5.69 Å². The highest BCUT2D eigenvalue weighted by Crippen LogP contribution is 2.17. The predicted octanol–water partition coefficient (Wildman–Crippen LogP) is 2.07. The van der Waals surface area contributed by atoms with Crippen molar-refractivity contribution < 1.29 is 14.3 Å². The second kappa shape index (κ2) is 4.36. The molecule has 2 rings (SSSR count). The van der Waals surface area contributed by atoms with Gasteiger partial charge in [-0.15, -0.1) is 11.3 Å². The van der Waals surface area contributed by atoms with Gasteiger partial charge in [-0.05, 0) is 11.4 Å². The van der Waals surface area contributed by atoms with E-state index in [4.69, 9.17) is 9.52 Å². The predicted molar refractivity (Wildman–Crippen MR) is 59.9 cm³/mol. The van der Waals surface area contributed by atoms with E-state index in [0.717, 1.165) is 11.1 Å². The molecule has 0 unspecified atom stereocenters. The minimum absolute atomic E-state index is 0.0759. The van der Waals surface area contributed by atoms with E-state index in [-0.39, 0.29) is 5.69 Å². The number of hydrogen-bond donors (Lipinski definition) is 1. The molecule has 6 heteroatoms. The molecule has 0 bridgehead atoms. The molecule has 16 heavy (non-hydrogen) atoms. The van der Waals surface area contributed by atoms with Crippen LogP contribution in [0, 0.1) is 0 Å². The van der Waals surface area contributed by atoms with Crippen molar-refractivity contribution in [2.45, 2.75) is 6.54 Å². The second-order valence-electron chi connectivity index (χ2n) is 3.26. The molecule has 1 N–H and O–H groups in total. The van der Waals surface area contributed by atoms with Gasteiger partial charge < -0.3 is 14.4 Å². The van der Waals surface area contributed by atoms with Crippen LogP contribution in [0.1, 0.15) is 15.4 Å². The van der Waals surface area contributed by atoms with Crippen LogP contribution in [0.5, 0.6) is 0 Å². The lowest BCUT2D eigenvalue weighted by Crippen LogP contribution is -2.16. The molecule has 5 nitrogen and oxygen atoms in total. The molecule has 84 valence electrons. The van der Waals surface area contributed by atoms with Crippen molar-refractivity contribution in [3.05, 3.63) is 34.3 Å². The van der Waals surface area contributed by atoms with Crippen LogP contribution < -0.4 is 4.90 Å². The van der Waals surface area contributed by atoms with Crippen LogP contribution in [0.15, 0.2) is 28.2 Å². The van der Waals surface area contributed by atoms with Gasteiger partial charge >= 0.3 is 5.97 Å². The van der Waals surface area contributed by atoms with E-state index in [9.17, 15) is 4.79 Å². The first kappa shape index (κ1) is 10.7. The SMILES string of the molecule is CN(Cc1cccs1)c1nc(C(=O)O)co1. The van der Waals surface area contributed by atoms with Crippen molar-refractivity contribution >= 4 is 23.3 Å². The highest BCUT2D eigenvalue weighted by molar-refractivity contribution is 7.09. The Bertz CT molecular complexity index is 478. The van der Waals surface area contributed by atoms with Gasteiger partial charge in [0, 0.05) is 11.9 Å². The Balaban J connectivity index is 2.08. The van der Waals surface area contributed by atoms with Crippen molar-refractivity contribution in [1.29, 1.82) is 0 Å². The molecule has 0 saturated heterocycles. The molecule has 2 aromatic rings. The molecule has 0 amide bonds. The van der Waals surface area contributed by atoms with Crippen LogP contribution in [0.2, 0.25) is 0 Å². The van der Waals surface area contributed by atoms with Crippen molar-refractivity contribution in [2.24, 2.45) is 0 Å². The third kappa shape index (κ3) is 2.22. The van der Waals surface area contributed by atoms with Gasteiger partial charge in [0.1, 0.15) is 6.26 Å². The Kier molecular flexibility index (Phi) is 2.91.